The zero-order valence-corrected chi connectivity index (χ0v) is 16.8. The molecule has 0 N–H and O–H groups in total. The second kappa shape index (κ2) is 8.02. The summed E-state index contributed by atoms with van der Waals surface area (Å²) in [5, 5.41) is -0.114. The van der Waals surface area contributed by atoms with Crippen molar-refractivity contribution in [1.82, 2.24) is 4.90 Å². The Kier molecular flexibility index (Phi) is 5.64. The summed E-state index contributed by atoms with van der Waals surface area (Å²) in [6.45, 7) is 6.25. The molecule has 0 spiro atoms. The predicted octanol–water partition coefficient (Wildman–Crippen LogP) is 5.63. The number of piperidine rings is 1. The lowest BCUT2D eigenvalue weighted by Crippen LogP contribution is -2.37. The molecule has 28 heavy (non-hydrogen) atoms. The van der Waals surface area contributed by atoms with Crippen molar-refractivity contribution < 1.29 is 13.2 Å². The van der Waals surface area contributed by atoms with E-state index >= 15 is 0 Å². The maximum Gasteiger partial charge on any atom is 0.423 e. The van der Waals surface area contributed by atoms with Crippen molar-refractivity contribution in [3.63, 3.8) is 0 Å². The van der Waals surface area contributed by atoms with E-state index in [1.54, 1.807) is 17.8 Å². The molecule has 1 unspecified atom stereocenters. The van der Waals surface area contributed by atoms with Crippen LogP contribution in [0.1, 0.15) is 26.2 Å². The van der Waals surface area contributed by atoms with Crippen molar-refractivity contribution in [3.8, 4) is 0 Å². The van der Waals surface area contributed by atoms with Gasteiger partial charge in [0, 0.05) is 11.4 Å². The van der Waals surface area contributed by atoms with Crippen LogP contribution in [0.2, 0.25) is 0 Å². The van der Waals surface area contributed by atoms with Gasteiger partial charge in [-0.3, -0.25) is 0 Å². The molecule has 3 aliphatic rings. The Balaban J connectivity index is 1.56. The minimum absolute atomic E-state index is 0.114. The lowest BCUT2D eigenvalue weighted by Gasteiger charge is -2.38. The van der Waals surface area contributed by atoms with Crippen LogP contribution in [-0.2, 0) is 0 Å². The minimum Gasteiger partial charge on any atom is -0.336 e. The van der Waals surface area contributed by atoms with Crippen LogP contribution in [0.25, 0.3) is 0 Å². The highest BCUT2D eigenvalue weighted by molar-refractivity contribution is 8.00. The Morgan fingerprint density at radius 2 is 1.89 bits per heavy atom. The van der Waals surface area contributed by atoms with Gasteiger partial charge in [0.2, 0.25) is 0 Å². The molecule has 150 valence electrons. The van der Waals surface area contributed by atoms with Gasteiger partial charge in [-0.1, -0.05) is 30.9 Å². The quantitative estimate of drug-likeness (QED) is 0.599. The van der Waals surface area contributed by atoms with E-state index in [1.807, 2.05) is 24.3 Å². The molecule has 2 nitrogen and oxygen atoms in total. The highest BCUT2D eigenvalue weighted by Gasteiger charge is 2.37. The Morgan fingerprint density at radius 3 is 2.64 bits per heavy atom. The van der Waals surface area contributed by atoms with Gasteiger partial charge in [-0.25, -0.2) is 0 Å². The molecule has 1 aromatic rings. The third-order valence-corrected chi connectivity index (χ3v) is 6.94. The highest BCUT2D eigenvalue weighted by atomic mass is 32.2. The summed E-state index contributed by atoms with van der Waals surface area (Å²) in [6, 6.07) is 7.98. The topological polar surface area (TPSA) is 6.48 Å². The molecule has 1 aliphatic carbocycles. The van der Waals surface area contributed by atoms with Crippen molar-refractivity contribution in [3.05, 3.63) is 53.4 Å². The van der Waals surface area contributed by atoms with Gasteiger partial charge in [0.25, 0.3) is 0 Å². The number of thioether (sulfide) groups is 1. The lowest BCUT2D eigenvalue weighted by molar-refractivity contribution is -0.0881. The number of alkyl halides is 3. The van der Waals surface area contributed by atoms with Gasteiger partial charge in [0.15, 0.2) is 0 Å². The smallest absolute Gasteiger partial charge is 0.336 e. The molecule has 1 atom stereocenters. The second-order valence-electron chi connectivity index (χ2n) is 7.82. The molecule has 0 amide bonds. The first-order valence-electron chi connectivity index (χ1n) is 9.93. The lowest BCUT2D eigenvalue weighted by atomic mass is 9.99. The van der Waals surface area contributed by atoms with Crippen molar-refractivity contribution in [2.24, 2.45) is 5.92 Å². The van der Waals surface area contributed by atoms with Gasteiger partial charge in [-0.05, 0) is 63.0 Å². The summed E-state index contributed by atoms with van der Waals surface area (Å²) in [6.07, 6.45) is 1.86. The van der Waals surface area contributed by atoms with Crippen LogP contribution in [0, 0.1) is 5.92 Å². The molecular formula is C22H25F3N2S. The van der Waals surface area contributed by atoms with Gasteiger partial charge in [-0.15, -0.1) is 11.8 Å². The van der Waals surface area contributed by atoms with Crippen LogP contribution in [0.15, 0.2) is 58.3 Å². The predicted molar refractivity (Wildman–Crippen MR) is 109 cm³/mol. The first-order valence-corrected chi connectivity index (χ1v) is 10.8. The molecule has 0 saturated carbocycles. The molecule has 6 heteroatoms. The number of hydrogen-bond acceptors (Lipinski definition) is 3. The number of allylic oxidation sites excluding steroid dienone is 1. The Bertz CT molecular complexity index is 815. The number of para-hydroxylation sites is 1. The van der Waals surface area contributed by atoms with Crippen LogP contribution in [0.5, 0.6) is 0 Å². The summed E-state index contributed by atoms with van der Waals surface area (Å²) in [7, 11) is 0. The summed E-state index contributed by atoms with van der Waals surface area (Å²) < 4.78 is 39.8. The molecule has 0 aromatic heterocycles. The fraction of sp³-hybridized carbons (Fsp3) is 0.500. The van der Waals surface area contributed by atoms with Gasteiger partial charge < -0.3 is 9.80 Å². The third-order valence-electron chi connectivity index (χ3n) is 5.71. The van der Waals surface area contributed by atoms with Gasteiger partial charge in [0.05, 0.1) is 22.2 Å². The second-order valence-corrected chi connectivity index (χ2v) is 9.00. The largest absolute Gasteiger partial charge is 0.423 e. The molecule has 1 fully saturated rings. The molecule has 2 aliphatic heterocycles. The molecule has 1 saturated heterocycles. The number of hydrogen-bond donors (Lipinski definition) is 0. The summed E-state index contributed by atoms with van der Waals surface area (Å²) in [5.74, 6) is 0.799. The first kappa shape index (κ1) is 19.7. The fourth-order valence-corrected chi connectivity index (χ4v) is 5.22. The van der Waals surface area contributed by atoms with E-state index in [4.69, 9.17) is 0 Å². The number of benzene rings is 1. The monoisotopic (exact) mass is 406 g/mol. The summed E-state index contributed by atoms with van der Waals surface area (Å²) in [4.78, 5) is 5.65. The number of likely N-dealkylation sites (tertiary alicyclic amines) is 1. The zero-order valence-electron chi connectivity index (χ0n) is 16.0. The van der Waals surface area contributed by atoms with Gasteiger partial charge in [0.1, 0.15) is 0 Å². The van der Waals surface area contributed by atoms with Crippen molar-refractivity contribution in [2.75, 3.05) is 31.1 Å². The molecule has 4 rings (SSSR count). The zero-order chi connectivity index (χ0) is 19.7. The molecular weight excluding hydrogens is 381 g/mol. The normalized spacial score (nSPS) is 23.1. The Hall–Kier alpha value is -1.62. The van der Waals surface area contributed by atoms with Crippen LogP contribution >= 0.6 is 11.8 Å². The first-order chi connectivity index (χ1) is 13.4. The van der Waals surface area contributed by atoms with Crippen LogP contribution in [0.4, 0.5) is 18.9 Å². The third kappa shape index (κ3) is 4.19. The average Bonchev–Trinajstić information content (AvgIpc) is 2.68. The average molecular weight is 407 g/mol. The maximum atomic E-state index is 13.3. The van der Waals surface area contributed by atoms with Crippen LogP contribution in [-0.4, -0.2) is 42.5 Å². The van der Waals surface area contributed by atoms with E-state index in [0.29, 0.717) is 12.2 Å². The van der Waals surface area contributed by atoms with E-state index in [1.165, 1.54) is 18.9 Å². The fourth-order valence-electron chi connectivity index (χ4n) is 4.03. The van der Waals surface area contributed by atoms with Crippen molar-refractivity contribution >= 4 is 17.4 Å². The van der Waals surface area contributed by atoms with Crippen LogP contribution in [0.3, 0.4) is 0 Å². The summed E-state index contributed by atoms with van der Waals surface area (Å²) in [5.41, 5.74) is 3.63. The summed E-state index contributed by atoms with van der Waals surface area (Å²) >= 11 is 1.60. The molecule has 1 aromatic carbocycles. The van der Waals surface area contributed by atoms with E-state index in [-0.39, 0.29) is 5.25 Å². The number of rotatable bonds is 4. The Labute approximate surface area is 168 Å². The Morgan fingerprint density at radius 1 is 1.14 bits per heavy atom. The SMILES string of the molecule is CC1CCN(CCCN2C3=C=C(C(F)(F)F)C=CC3Sc3ccccc32)CC1. The van der Waals surface area contributed by atoms with Gasteiger partial charge in [-0.2, -0.15) is 13.2 Å². The molecule has 2 heterocycles. The van der Waals surface area contributed by atoms with E-state index < -0.39 is 11.7 Å². The van der Waals surface area contributed by atoms with E-state index in [2.05, 4.69) is 22.5 Å². The standard InChI is InChI=1S/C22H25F3N2S/c1-16-9-13-26(14-10-16)11-4-12-27-18-5-2-3-6-20(18)28-21-8-7-17(15-19(21)27)22(23,24)25/h2-3,5-8,16,21H,4,9-14H2,1H3. The van der Waals surface area contributed by atoms with E-state index in [9.17, 15) is 13.2 Å². The van der Waals surface area contributed by atoms with Gasteiger partial charge >= 0.3 is 6.18 Å². The van der Waals surface area contributed by atoms with Crippen LogP contribution < -0.4 is 4.90 Å². The number of fused-ring (bicyclic) bond motifs is 2. The molecule has 0 radical (unpaired) electrons. The number of nitrogens with zero attached hydrogens (tertiary/aromatic N) is 2. The van der Waals surface area contributed by atoms with Crippen molar-refractivity contribution in [1.29, 1.82) is 0 Å². The van der Waals surface area contributed by atoms with Crippen molar-refractivity contribution in [2.45, 2.75) is 42.5 Å². The molecule has 0 bridgehead atoms. The highest BCUT2D eigenvalue weighted by Crippen LogP contribution is 2.45. The van der Waals surface area contributed by atoms with E-state index in [0.717, 1.165) is 42.6 Å². The maximum absolute atomic E-state index is 13.3. The minimum atomic E-state index is -4.37. The number of anilines is 1. The number of halogens is 3.